The smallest absolute Gasteiger partial charge is 0.165 e. The van der Waals surface area contributed by atoms with Gasteiger partial charge in [0.2, 0.25) is 0 Å². The van der Waals surface area contributed by atoms with E-state index in [2.05, 4.69) is 193 Å². The molecule has 3 nitrogen and oxygen atoms in total. The molecule has 13 rings (SSSR count). The number of hydrogen-bond acceptors (Lipinski definition) is 2. The molecule has 2 heterocycles. The predicted molar refractivity (Wildman–Crippen MR) is 239 cm³/mol. The molecule has 0 fully saturated rings. The highest BCUT2D eigenvalue weighted by Gasteiger charge is 2.28. The van der Waals surface area contributed by atoms with Crippen molar-refractivity contribution in [2.24, 2.45) is 0 Å². The number of rotatable bonds is 3. The SMILES string of the molecule is c1ccc2c(c1)-c1cccc3c4ccccc4c4c(c13)c1c-2cccc1n4-c1nc2c(ccc3ccccc32)nc1-c1ccc(-c2ccc3ccccc3c2)cc1. The van der Waals surface area contributed by atoms with Gasteiger partial charge in [-0.15, -0.1) is 0 Å². The molecule has 0 N–H and O–H groups in total. The van der Waals surface area contributed by atoms with Gasteiger partial charge < -0.3 is 0 Å². The van der Waals surface area contributed by atoms with Crippen molar-refractivity contribution in [1.29, 1.82) is 0 Å². The van der Waals surface area contributed by atoms with E-state index in [0.717, 1.165) is 55.5 Å². The van der Waals surface area contributed by atoms with Gasteiger partial charge in [0.25, 0.3) is 0 Å². The fourth-order valence-electron chi connectivity index (χ4n) is 9.75. The van der Waals surface area contributed by atoms with E-state index in [1.54, 1.807) is 0 Å². The predicted octanol–water partition coefficient (Wildman–Crippen LogP) is 14.3. The second kappa shape index (κ2) is 11.5. The average Bonchev–Trinajstić information content (AvgIpc) is 3.57. The monoisotopic (exact) mass is 721 g/mol. The summed E-state index contributed by atoms with van der Waals surface area (Å²) in [6.07, 6.45) is 0. The third-order valence-electron chi connectivity index (χ3n) is 12.3. The summed E-state index contributed by atoms with van der Waals surface area (Å²) >= 11 is 0. The number of nitrogens with zero attached hydrogens (tertiary/aromatic N) is 3. The first-order chi connectivity index (χ1) is 28.3. The molecule has 0 bridgehead atoms. The molecule has 0 saturated heterocycles. The fourth-order valence-corrected chi connectivity index (χ4v) is 9.75. The van der Waals surface area contributed by atoms with Crippen molar-refractivity contribution in [3.63, 3.8) is 0 Å². The molecule has 10 aromatic carbocycles. The van der Waals surface area contributed by atoms with E-state index in [0.29, 0.717) is 0 Å². The van der Waals surface area contributed by atoms with Crippen LogP contribution in [0.15, 0.2) is 188 Å². The third kappa shape index (κ3) is 4.26. The first kappa shape index (κ1) is 30.7. The zero-order valence-electron chi connectivity index (χ0n) is 30.7. The summed E-state index contributed by atoms with van der Waals surface area (Å²) in [4.78, 5) is 11.3. The minimum Gasteiger partial charge on any atom is -0.291 e. The van der Waals surface area contributed by atoms with E-state index in [4.69, 9.17) is 9.97 Å². The second-order valence-corrected chi connectivity index (χ2v) is 15.3. The van der Waals surface area contributed by atoms with Gasteiger partial charge in [-0.2, -0.15) is 0 Å². The van der Waals surface area contributed by atoms with Crippen molar-refractivity contribution >= 4 is 75.9 Å². The van der Waals surface area contributed by atoms with Crippen LogP contribution in [-0.4, -0.2) is 14.5 Å². The van der Waals surface area contributed by atoms with Crippen LogP contribution in [0.5, 0.6) is 0 Å². The summed E-state index contributed by atoms with van der Waals surface area (Å²) < 4.78 is 2.43. The van der Waals surface area contributed by atoms with E-state index < -0.39 is 0 Å². The van der Waals surface area contributed by atoms with Gasteiger partial charge in [0.05, 0.1) is 22.1 Å². The van der Waals surface area contributed by atoms with Crippen LogP contribution in [0.25, 0.3) is 126 Å². The number of aromatic nitrogens is 3. The summed E-state index contributed by atoms with van der Waals surface area (Å²) in [6.45, 7) is 0. The lowest BCUT2D eigenvalue weighted by molar-refractivity contribution is 1.09. The lowest BCUT2D eigenvalue weighted by Crippen LogP contribution is -2.04. The molecular weight excluding hydrogens is 691 g/mol. The number of benzene rings is 10. The highest BCUT2D eigenvalue weighted by molar-refractivity contribution is 6.37. The summed E-state index contributed by atoms with van der Waals surface area (Å²) in [6, 6.07) is 68.3. The largest absolute Gasteiger partial charge is 0.291 e. The Morgan fingerprint density at radius 2 is 0.947 bits per heavy atom. The quantitative estimate of drug-likeness (QED) is 0.170. The maximum atomic E-state index is 5.74. The lowest BCUT2D eigenvalue weighted by atomic mass is 9.91. The Labute approximate surface area is 327 Å². The highest BCUT2D eigenvalue weighted by atomic mass is 15.1. The van der Waals surface area contributed by atoms with Crippen LogP contribution in [0, 0.1) is 0 Å². The Morgan fingerprint density at radius 1 is 0.351 bits per heavy atom. The average molecular weight is 722 g/mol. The zero-order valence-corrected chi connectivity index (χ0v) is 30.7. The Bertz CT molecular complexity index is 3690. The van der Waals surface area contributed by atoms with Crippen LogP contribution in [0.2, 0.25) is 0 Å². The van der Waals surface area contributed by atoms with Crippen molar-refractivity contribution < 1.29 is 0 Å². The molecule has 0 unspecified atom stereocenters. The molecule has 0 radical (unpaired) electrons. The van der Waals surface area contributed by atoms with Gasteiger partial charge >= 0.3 is 0 Å². The third-order valence-corrected chi connectivity index (χ3v) is 12.3. The Hall–Kier alpha value is -7.62. The van der Waals surface area contributed by atoms with E-state index in [-0.39, 0.29) is 0 Å². The van der Waals surface area contributed by atoms with Gasteiger partial charge in [-0.3, -0.25) is 4.57 Å². The van der Waals surface area contributed by atoms with Crippen LogP contribution in [0.1, 0.15) is 0 Å². The normalized spacial score (nSPS) is 12.2. The molecule has 1 aliphatic carbocycles. The molecule has 2 aromatic heterocycles. The molecule has 12 aromatic rings. The molecule has 0 spiro atoms. The summed E-state index contributed by atoms with van der Waals surface area (Å²) in [5.74, 6) is 0.824. The molecule has 1 aliphatic rings. The molecule has 0 amide bonds. The molecule has 0 saturated carbocycles. The van der Waals surface area contributed by atoms with Crippen LogP contribution < -0.4 is 0 Å². The highest BCUT2D eigenvalue weighted by Crippen LogP contribution is 2.52. The van der Waals surface area contributed by atoms with E-state index in [1.807, 2.05) is 0 Å². The van der Waals surface area contributed by atoms with Crippen molar-refractivity contribution in [2.75, 3.05) is 0 Å². The Morgan fingerprint density at radius 3 is 1.77 bits per heavy atom. The molecule has 0 atom stereocenters. The van der Waals surface area contributed by atoms with Gasteiger partial charge in [-0.25, -0.2) is 9.97 Å². The Kier molecular flexibility index (Phi) is 6.16. The summed E-state index contributed by atoms with van der Waals surface area (Å²) in [5.41, 5.74) is 13.3. The minimum atomic E-state index is 0.824. The van der Waals surface area contributed by atoms with Crippen molar-refractivity contribution in [3.8, 4) is 50.5 Å². The number of fused-ring (bicyclic) bond motifs is 10. The maximum absolute atomic E-state index is 5.74. The maximum Gasteiger partial charge on any atom is 0.165 e. The van der Waals surface area contributed by atoms with Crippen molar-refractivity contribution in [2.45, 2.75) is 0 Å². The van der Waals surface area contributed by atoms with Gasteiger partial charge in [0.1, 0.15) is 5.69 Å². The van der Waals surface area contributed by atoms with Gasteiger partial charge in [0, 0.05) is 32.5 Å². The standard InChI is InChI=1S/C54H31N3/c1-2-13-36-31-37(28-25-32(36)11-1)33-23-26-35(27-24-33)51-54(56-52-38-14-4-3-12-34(38)29-30-46(52)55-51)57-47-22-10-21-44-40-16-6-5-15-39(40)42-19-9-20-43-41-17-7-8-18-45(41)53(57)50(48(42)43)49(44)47/h1-31H. The zero-order chi connectivity index (χ0) is 37.2. The summed E-state index contributed by atoms with van der Waals surface area (Å²) in [7, 11) is 0. The van der Waals surface area contributed by atoms with Crippen LogP contribution in [-0.2, 0) is 0 Å². The summed E-state index contributed by atoms with van der Waals surface area (Å²) in [5, 5.41) is 12.2. The van der Waals surface area contributed by atoms with Crippen LogP contribution >= 0.6 is 0 Å². The molecular formula is C54H31N3. The molecule has 262 valence electrons. The Balaban J connectivity index is 1.18. The van der Waals surface area contributed by atoms with Crippen LogP contribution in [0.4, 0.5) is 0 Å². The number of hydrogen-bond donors (Lipinski definition) is 0. The van der Waals surface area contributed by atoms with Gasteiger partial charge in [0.15, 0.2) is 5.82 Å². The van der Waals surface area contributed by atoms with Gasteiger partial charge in [-0.05, 0) is 78.5 Å². The van der Waals surface area contributed by atoms with E-state index >= 15 is 0 Å². The molecule has 57 heavy (non-hydrogen) atoms. The van der Waals surface area contributed by atoms with Crippen molar-refractivity contribution in [1.82, 2.24) is 14.5 Å². The lowest BCUT2D eigenvalue weighted by Gasteiger charge is -2.18. The first-order valence-corrected chi connectivity index (χ1v) is 19.6. The molecule has 0 aliphatic heterocycles. The van der Waals surface area contributed by atoms with Gasteiger partial charge in [-0.1, -0.05) is 170 Å². The molecule has 3 heteroatoms. The van der Waals surface area contributed by atoms with E-state index in [1.165, 1.54) is 70.9 Å². The van der Waals surface area contributed by atoms with Crippen molar-refractivity contribution in [3.05, 3.63) is 188 Å². The minimum absolute atomic E-state index is 0.824. The first-order valence-electron chi connectivity index (χ1n) is 19.6. The van der Waals surface area contributed by atoms with E-state index in [9.17, 15) is 0 Å². The fraction of sp³-hybridized carbons (Fsp3) is 0. The van der Waals surface area contributed by atoms with Crippen LogP contribution in [0.3, 0.4) is 0 Å². The second-order valence-electron chi connectivity index (χ2n) is 15.3. The topological polar surface area (TPSA) is 30.7 Å².